The molecule has 0 aliphatic carbocycles. The fourth-order valence-corrected chi connectivity index (χ4v) is 2.16. The predicted molar refractivity (Wildman–Crippen MR) is 62.3 cm³/mol. The standard InChI is InChI=1S/C9H7BrClN3/c10-7-4-6(11)3-5-1-2-8(14-12)13-9(5)7/h1-4H,12H2,(H,13,14). The first-order valence-corrected chi connectivity index (χ1v) is 5.10. The van der Waals surface area contributed by atoms with E-state index in [0.717, 1.165) is 15.4 Å². The van der Waals surface area contributed by atoms with Gasteiger partial charge in [-0.3, -0.25) is 0 Å². The predicted octanol–water partition coefficient (Wildman–Crippen LogP) is 2.94. The summed E-state index contributed by atoms with van der Waals surface area (Å²) in [7, 11) is 0. The van der Waals surface area contributed by atoms with Gasteiger partial charge in [-0.15, -0.1) is 0 Å². The number of nitrogen functional groups attached to an aromatic ring is 1. The Bertz CT molecular complexity index is 487. The van der Waals surface area contributed by atoms with Gasteiger partial charge in [0.2, 0.25) is 0 Å². The quantitative estimate of drug-likeness (QED) is 0.620. The van der Waals surface area contributed by atoms with Crippen molar-refractivity contribution >= 4 is 44.3 Å². The third kappa shape index (κ3) is 1.68. The molecule has 72 valence electrons. The van der Waals surface area contributed by atoms with E-state index < -0.39 is 0 Å². The molecule has 0 amide bonds. The topological polar surface area (TPSA) is 50.9 Å². The number of rotatable bonds is 1. The van der Waals surface area contributed by atoms with Gasteiger partial charge in [0.05, 0.1) is 5.52 Å². The summed E-state index contributed by atoms with van der Waals surface area (Å²) >= 11 is 9.30. The molecule has 1 aromatic heterocycles. The zero-order valence-electron chi connectivity index (χ0n) is 7.09. The van der Waals surface area contributed by atoms with E-state index in [0.29, 0.717) is 10.8 Å². The molecular weight excluding hydrogens is 265 g/mol. The van der Waals surface area contributed by atoms with Crippen LogP contribution in [-0.2, 0) is 0 Å². The van der Waals surface area contributed by atoms with Crippen molar-refractivity contribution in [1.29, 1.82) is 0 Å². The second kappa shape index (κ2) is 3.73. The van der Waals surface area contributed by atoms with E-state index in [9.17, 15) is 0 Å². The lowest BCUT2D eigenvalue weighted by Crippen LogP contribution is -2.08. The van der Waals surface area contributed by atoms with Gasteiger partial charge in [0.25, 0.3) is 0 Å². The van der Waals surface area contributed by atoms with Gasteiger partial charge in [-0.05, 0) is 40.2 Å². The van der Waals surface area contributed by atoms with Gasteiger partial charge in [0.1, 0.15) is 5.82 Å². The second-order valence-electron chi connectivity index (χ2n) is 2.80. The normalized spacial score (nSPS) is 10.5. The summed E-state index contributed by atoms with van der Waals surface area (Å²) in [6, 6.07) is 7.37. The Balaban J connectivity index is 2.75. The number of hydrogen-bond donors (Lipinski definition) is 2. The van der Waals surface area contributed by atoms with E-state index in [1.807, 2.05) is 12.1 Å². The molecule has 0 fully saturated rings. The van der Waals surface area contributed by atoms with Gasteiger partial charge in [0.15, 0.2) is 0 Å². The smallest absolute Gasteiger partial charge is 0.140 e. The number of nitrogens with two attached hydrogens (primary N) is 1. The zero-order chi connectivity index (χ0) is 10.1. The minimum atomic E-state index is 0.625. The van der Waals surface area contributed by atoms with E-state index >= 15 is 0 Å². The number of hydrogen-bond acceptors (Lipinski definition) is 3. The molecule has 2 rings (SSSR count). The first-order chi connectivity index (χ1) is 6.70. The maximum atomic E-state index is 5.90. The molecule has 2 aromatic rings. The third-order valence-electron chi connectivity index (χ3n) is 1.86. The van der Waals surface area contributed by atoms with Gasteiger partial charge in [-0.25, -0.2) is 10.8 Å². The number of benzene rings is 1. The summed E-state index contributed by atoms with van der Waals surface area (Å²) in [5.74, 6) is 5.89. The fraction of sp³-hybridized carbons (Fsp3) is 0. The summed E-state index contributed by atoms with van der Waals surface area (Å²) in [6.45, 7) is 0. The lowest BCUT2D eigenvalue weighted by molar-refractivity contribution is 1.26. The van der Waals surface area contributed by atoms with E-state index in [-0.39, 0.29) is 0 Å². The van der Waals surface area contributed by atoms with Crippen molar-refractivity contribution in [3.05, 3.63) is 33.8 Å². The zero-order valence-corrected chi connectivity index (χ0v) is 9.43. The number of anilines is 1. The van der Waals surface area contributed by atoms with Crippen molar-refractivity contribution in [3.63, 3.8) is 0 Å². The average Bonchev–Trinajstić information content (AvgIpc) is 2.17. The van der Waals surface area contributed by atoms with Crippen LogP contribution in [0.5, 0.6) is 0 Å². The Labute approximate surface area is 94.4 Å². The molecule has 0 bridgehead atoms. The van der Waals surface area contributed by atoms with Crippen LogP contribution in [0.3, 0.4) is 0 Å². The van der Waals surface area contributed by atoms with E-state index in [1.54, 1.807) is 12.1 Å². The van der Waals surface area contributed by atoms with Crippen LogP contribution in [-0.4, -0.2) is 4.98 Å². The molecule has 14 heavy (non-hydrogen) atoms. The largest absolute Gasteiger partial charge is 0.308 e. The lowest BCUT2D eigenvalue weighted by Gasteiger charge is -2.03. The Hall–Kier alpha value is -0.840. The number of nitrogens with one attached hydrogen (secondary N) is 1. The molecular formula is C9H7BrClN3. The summed E-state index contributed by atoms with van der Waals surface area (Å²) < 4.78 is 0.858. The van der Waals surface area contributed by atoms with Crippen LogP contribution in [0.1, 0.15) is 0 Å². The van der Waals surface area contributed by atoms with Crippen molar-refractivity contribution in [2.75, 3.05) is 5.43 Å². The van der Waals surface area contributed by atoms with E-state index in [1.165, 1.54) is 0 Å². The highest BCUT2D eigenvalue weighted by Crippen LogP contribution is 2.27. The minimum Gasteiger partial charge on any atom is -0.308 e. The highest BCUT2D eigenvalue weighted by atomic mass is 79.9. The van der Waals surface area contributed by atoms with Gasteiger partial charge in [-0.1, -0.05) is 11.6 Å². The molecule has 0 radical (unpaired) electrons. The average molecular weight is 273 g/mol. The molecule has 0 unspecified atom stereocenters. The molecule has 0 saturated heterocycles. The third-order valence-corrected chi connectivity index (χ3v) is 2.68. The van der Waals surface area contributed by atoms with Crippen molar-refractivity contribution in [2.24, 2.45) is 5.84 Å². The SMILES string of the molecule is NNc1ccc2cc(Cl)cc(Br)c2n1. The van der Waals surface area contributed by atoms with Crippen molar-refractivity contribution in [1.82, 2.24) is 4.98 Å². The van der Waals surface area contributed by atoms with Crippen molar-refractivity contribution in [2.45, 2.75) is 0 Å². The summed E-state index contributed by atoms with van der Waals surface area (Å²) in [5, 5.41) is 1.66. The molecule has 5 heteroatoms. The number of aromatic nitrogens is 1. The van der Waals surface area contributed by atoms with Crippen LogP contribution < -0.4 is 11.3 Å². The molecule has 0 aliphatic heterocycles. The minimum absolute atomic E-state index is 0.625. The van der Waals surface area contributed by atoms with Crippen LogP contribution in [0.2, 0.25) is 5.02 Å². The fourth-order valence-electron chi connectivity index (χ4n) is 1.24. The Morgan fingerprint density at radius 3 is 2.86 bits per heavy atom. The summed E-state index contributed by atoms with van der Waals surface area (Å²) in [4.78, 5) is 4.29. The Morgan fingerprint density at radius 1 is 1.36 bits per heavy atom. The number of pyridine rings is 1. The number of nitrogens with zero attached hydrogens (tertiary/aromatic N) is 1. The monoisotopic (exact) mass is 271 g/mol. The van der Waals surface area contributed by atoms with Crippen molar-refractivity contribution < 1.29 is 0 Å². The van der Waals surface area contributed by atoms with Crippen LogP contribution >= 0.6 is 27.5 Å². The number of fused-ring (bicyclic) bond motifs is 1. The Morgan fingerprint density at radius 2 is 2.14 bits per heavy atom. The van der Waals surface area contributed by atoms with Crippen LogP contribution in [0.15, 0.2) is 28.7 Å². The maximum Gasteiger partial charge on any atom is 0.140 e. The molecule has 0 spiro atoms. The molecule has 0 atom stereocenters. The highest BCUT2D eigenvalue weighted by molar-refractivity contribution is 9.10. The molecule has 1 heterocycles. The van der Waals surface area contributed by atoms with Gasteiger partial charge >= 0.3 is 0 Å². The van der Waals surface area contributed by atoms with E-state index in [2.05, 4.69) is 26.3 Å². The number of hydrazine groups is 1. The van der Waals surface area contributed by atoms with Gasteiger partial charge in [0, 0.05) is 14.9 Å². The maximum absolute atomic E-state index is 5.90. The Kier molecular flexibility index (Phi) is 2.58. The van der Waals surface area contributed by atoms with E-state index in [4.69, 9.17) is 17.4 Å². The number of halogens is 2. The van der Waals surface area contributed by atoms with Gasteiger partial charge < -0.3 is 5.43 Å². The highest BCUT2D eigenvalue weighted by Gasteiger charge is 2.03. The molecule has 3 N–H and O–H groups in total. The molecule has 0 saturated carbocycles. The first kappa shape index (κ1) is 9.71. The molecule has 0 aliphatic rings. The lowest BCUT2D eigenvalue weighted by atomic mass is 10.2. The van der Waals surface area contributed by atoms with Crippen LogP contribution in [0.25, 0.3) is 10.9 Å². The van der Waals surface area contributed by atoms with Crippen LogP contribution in [0.4, 0.5) is 5.82 Å². The molecule has 1 aromatic carbocycles. The summed E-state index contributed by atoms with van der Waals surface area (Å²) in [6.07, 6.45) is 0. The first-order valence-electron chi connectivity index (χ1n) is 3.93. The van der Waals surface area contributed by atoms with Crippen molar-refractivity contribution in [3.8, 4) is 0 Å². The van der Waals surface area contributed by atoms with Crippen LogP contribution in [0, 0.1) is 0 Å². The molecule has 3 nitrogen and oxygen atoms in total. The van der Waals surface area contributed by atoms with Gasteiger partial charge in [-0.2, -0.15) is 0 Å². The second-order valence-corrected chi connectivity index (χ2v) is 4.09. The summed E-state index contributed by atoms with van der Waals surface area (Å²) in [5.41, 5.74) is 3.33.